The molecule has 0 radical (unpaired) electrons. The molecule has 2 amide bonds. The highest BCUT2D eigenvalue weighted by Crippen LogP contribution is 2.17. The van der Waals surface area contributed by atoms with Crippen LogP contribution in [0.5, 0.6) is 0 Å². The highest BCUT2D eigenvalue weighted by molar-refractivity contribution is 5.80. The quantitative estimate of drug-likeness (QED) is 0.823. The third-order valence-corrected chi connectivity index (χ3v) is 3.00. The van der Waals surface area contributed by atoms with Gasteiger partial charge < -0.3 is 14.9 Å². The zero-order valence-corrected chi connectivity index (χ0v) is 12.4. The number of hydrogen-bond acceptors (Lipinski definition) is 2. The minimum absolute atomic E-state index is 0.112. The molecule has 0 bridgehead atoms. The van der Waals surface area contributed by atoms with Gasteiger partial charge in [-0.25, -0.2) is 4.79 Å². The summed E-state index contributed by atoms with van der Waals surface area (Å²) in [6.07, 6.45) is 1.90. The number of carboxylic acids is 1. The first-order valence-corrected chi connectivity index (χ1v) is 6.37. The monoisotopic (exact) mass is 258 g/mol. The Balaban J connectivity index is 4.90. The molecule has 0 rings (SSSR count). The minimum atomic E-state index is -0.991. The second-order valence-electron chi connectivity index (χ2n) is 5.68. The Hall–Kier alpha value is -1.26. The van der Waals surface area contributed by atoms with Gasteiger partial charge >= 0.3 is 12.0 Å². The molecule has 5 nitrogen and oxygen atoms in total. The van der Waals surface area contributed by atoms with Crippen LogP contribution in [0, 0.1) is 0 Å². The predicted molar refractivity (Wildman–Crippen MR) is 71.6 cm³/mol. The summed E-state index contributed by atoms with van der Waals surface area (Å²) in [5, 5.41) is 8.91. The van der Waals surface area contributed by atoms with Gasteiger partial charge in [-0.1, -0.05) is 13.3 Å². The minimum Gasteiger partial charge on any atom is -0.480 e. The summed E-state index contributed by atoms with van der Waals surface area (Å²) in [5.41, 5.74) is -0.504. The number of carboxylic acid groups (broad SMARTS) is 1. The lowest BCUT2D eigenvalue weighted by molar-refractivity contribution is -0.138. The SMILES string of the molecule is CCCC(C)N(C)C(=O)N(CC(=O)O)C(C)(C)C. The van der Waals surface area contributed by atoms with Crippen molar-refractivity contribution in [2.45, 2.75) is 59.0 Å². The van der Waals surface area contributed by atoms with Gasteiger partial charge in [0.25, 0.3) is 0 Å². The second kappa shape index (κ2) is 6.61. The van der Waals surface area contributed by atoms with Gasteiger partial charge in [0.1, 0.15) is 6.54 Å². The molecule has 0 aliphatic heterocycles. The maximum absolute atomic E-state index is 12.3. The highest BCUT2D eigenvalue weighted by Gasteiger charge is 2.31. The summed E-state index contributed by atoms with van der Waals surface area (Å²) >= 11 is 0. The number of hydrogen-bond donors (Lipinski definition) is 1. The number of nitrogens with zero attached hydrogens (tertiary/aromatic N) is 2. The second-order valence-corrected chi connectivity index (χ2v) is 5.68. The summed E-state index contributed by atoms with van der Waals surface area (Å²) in [7, 11) is 1.73. The smallest absolute Gasteiger partial charge is 0.323 e. The van der Waals surface area contributed by atoms with E-state index in [-0.39, 0.29) is 18.6 Å². The lowest BCUT2D eigenvalue weighted by Crippen LogP contribution is -2.54. The van der Waals surface area contributed by atoms with Gasteiger partial charge in [-0.15, -0.1) is 0 Å². The standard InChI is InChI=1S/C13H26N2O3/c1-7-8-10(2)14(6)12(18)15(9-11(16)17)13(3,4)5/h10H,7-9H2,1-6H3,(H,16,17). The molecule has 1 N–H and O–H groups in total. The third kappa shape index (κ3) is 4.94. The van der Waals surface area contributed by atoms with Crippen molar-refractivity contribution in [1.29, 1.82) is 0 Å². The van der Waals surface area contributed by atoms with Crippen molar-refractivity contribution in [3.05, 3.63) is 0 Å². The maximum Gasteiger partial charge on any atom is 0.323 e. The average molecular weight is 258 g/mol. The first-order chi connectivity index (χ1) is 8.11. The third-order valence-electron chi connectivity index (χ3n) is 3.00. The van der Waals surface area contributed by atoms with E-state index in [1.165, 1.54) is 4.90 Å². The Morgan fingerprint density at radius 2 is 1.78 bits per heavy atom. The number of aliphatic carboxylic acids is 1. The number of carbonyl (C=O) groups is 2. The van der Waals surface area contributed by atoms with E-state index < -0.39 is 11.5 Å². The fourth-order valence-electron chi connectivity index (χ4n) is 1.72. The van der Waals surface area contributed by atoms with Crippen LogP contribution in [0.2, 0.25) is 0 Å². The Morgan fingerprint density at radius 1 is 1.28 bits per heavy atom. The molecule has 0 aromatic rings. The molecule has 0 spiro atoms. The van der Waals surface area contributed by atoms with E-state index in [2.05, 4.69) is 6.92 Å². The zero-order chi connectivity index (χ0) is 14.5. The molecule has 0 aromatic carbocycles. The zero-order valence-electron chi connectivity index (χ0n) is 12.4. The van der Waals surface area contributed by atoms with Gasteiger partial charge in [-0.3, -0.25) is 4.79 Å². The molecular weight excluding hydrogens is 232 g/mol. The Kier molecular flexibility index (Phi) is 6.15. The van der Waals surface area contributed by atoms with Crippen LogP contribution in [0.4, 0.5) is 4.79 Å². The molecular formula is C13H26N2O3. The number of carbonyl (C=O) groups excluding carboxylic acids is 1. The Labute approximate surface area is 110 Å². The van der Waals surface area contributed by atoms with Crippen molar-refractivity contribution in [2.75, 3.05) is 13.6 Å². The molecule has 0 saturated heterocycles. The number of rotatable bonds is 5. The van der Waals surface area contributed by atoms with Gasteiger partial charge in [0.05, 0.1) is 0 Å². The molecule has 106 valence electrons. The predicted octanol–water partition coefficient (Wildman–Crippen LogP) is 2.41. The van der Waals surface area contributed by atoms with Gasteiger partial charge in [-0.05, 0) is 34.1 Å². The highest BCUT2D eigenvalue weighted by atomic mass is 16.4. The van der Waals surface area contributed by atoms with E-state index in [0.717, 1.165) is 12.8 Å². The van der Waals surface area contributed by atoms with Crippen LogP contribution in [-0.2, 0) is 4.79 Å². The molecule has 0 aliphatic carbocycles. The normalized spacial score (nSPS) is 13.0. The van der Waals surface area contributed by atoms with E-state index in [1.54, 1.807) is 11.9 Å². The average Bonchev–Trinajstić information content (AvgIpc) is 2.22. The molecule has 18 heavy (non-hydrogen) atoms. The summed E-state index contributed by atoms with van der Waals surface area (Å²) in [6, 6.07) is -0.119. The topological polar surface area (TPSA) is 60.9 Å². The van der Waals surface area contributed by atoms with E-state index in [1.807, 2.05) is 27.7 Å². The van der Waals surface area contributed by atoms with Crippen molar-refractivity contribution in [2.24, 2.45) is 0 Å². The molecule has 0 aliphatic rings. The van der Waals surface area contributed by atoms with Crippen molar-refractivity contribution >= 4 is 12.0 Å². The van der Waals surface area contributed by atoms with E-state index in [9.17, 15) is 9.59 Å². The molecule has 0 saturated carbocycles. The Bertz CT molecular complexity index is 297. The van der Waals surface area contributed by atoms with Crippen molar-refractivity contribution in [3.8, 4) is 0 Å². The van der Waals surface area contributed by atoms with Crippen LogP contribution in [-0.4, -0.2) is 52.1 Å². The van der Waals surface area contributed by atoms with Crippen LogP contribution < -0.4 is 0 Å². The molecule has 0 aromatic heterocycles. The molecule has 5 heteroatoms. The summed E-state index contributed by atoms with van der Waals surface area (Å²) in [6.45, 7) is 9.28. The number of urea groups is 1. The first-order valence-electron chi connectivity index (χ1n) is 6.37. The molecule has 1 unspecified atom stereocenters. The van der Waals surface area contributed by atoms with E-state index in [0.29, 0.717) is 0 Å². The van der Waals surface area contributed by atoms with Crippen LogP contribution in [0.15, 0.2) is 0 Å². The number of amides is 2. The summed E-state index contributed by atoms with van der Waals surface area (Å²) in [4.78, 5) is 26.2. The largest absolute Gasteiger partial charge is 0.480 e. The van der Waals surface area contributed by atoms with Crippen molar-refractivity contribution in [1.82, 2.24) is 9.80 Å². The van der Waals surface area contributed by atoms with Gasteiger partial charge in [0.15, 0.2) is 0 Å². The van der Waals surface area contributed by atoms with E-state index in [4.69, 9.17) is 5.11 Å². The maximum atomic E-state index is 12.3. The fourth-order valence-corrected chi connectivity index (χ4v) is 1.72. The van der Waals surface area contributed by atoms with Crippen molar-refractivity contribution in [3.63, 3.8) is 0 Å². The van der Waals surface area contributed by atoms with Crippen LogP contribution in [0.3, 0.4) is 0 Å². The fraction of sp³-hybridized carbons (Fsp3) is 0.846. The van der Waals surface area contributed by atoms with Crippen LogP contribution in [0.1, 0.15) is 47.5 Å². The van der Waals surface area contributed by atoms with Gasteiger partial charge in [0, 0.05) is 18.6 Å². The van der Waals surface area contributed by atoms with Gasteiger partial charge in [0.2, 0.25) is 0 Å². The molecule has 0 fully saturated rings. The summed E-state index contributed by atoms with van der Waals surface area (Å²) < 4.78 is 0. The molecule has 0 heterocycles. The lowest BCUT2D eigenvalue weighted by Gasteiger charge is -2.39. The van der Waals surface area contributed by atoms with E-state index >= 15 is 0 Å². The molecule has 1 atom stereocenters. The van der Waals surface area contributed by atoms with Crippen LogP contribution >= 0.6 is 0 Å². The van der Waals surface area contributed by atoms with Crippen molar-refractivity contribution < 1.29 is 14.7 Å². The summed E-state index contributed by atoms with van der Waals surface area (Å²) in [5.74, 6) is -0.991. The first kappa shape index (κ1) is 16.7. The lowest BCUT2D eigenvalue weighted by atomic mass is 10.1. The van der Waals surface area contributed by atoms with Crippen LogP contribution in [0.25, 0.3) is 0 Å². The Morgan fingerprint density at radius 3 is 2.11 bits per heavy atom. The van der Waals surface area contributed by atoms with Gasteiger partial charge in [-0.2, -0.15) is 0 Å².